The molecule has 0 saturated carbocycles. The minimum atomic E-state index is -0.234. The zero-order valence-electron chi connectivity index (χ0n) is 10.1. The summed E-state index contributed by atoms with van der Waals surface area (Å²) in [6, 6.07) is 6.78. The van der Waals surface area contributed by atoms with E-state index in [0.29, 0.717) is 18.1 Å². The maximum absolute atomic E-state index is 11.9. The zero-order valence-corrected chi connectivity index (χ0v) is 10.1. The molecule has 2 heterocycles. The van der Waals surface area contributed by atoms with Gasteiger partial charge in [-0.05, 0) is 25.1 Å². The fraction of sp³-hybridized carbons (Fsp3) is 0.250. The number of anilines is 1. The van der Waals surface area contributed by atoms with Crippen molar-refractivity contribution in [3.8, 4) is 0 Å². The summed E-state index contributed by atoms with van der Waals surface area (Å²) in [4.78, 5) is 15.8. The number of rotatable bonds is 4. The molecular weight excluding hydrogens is 230 g/mol. The van der Waals surface area contributed by atoms with E-state index in [-0.39, 0.29) is 11.9 Å². The third-order valence-corrected chi connectivity index (χ3v) is 2.40. The van der Waals surface area contributed by atoms with Gasteiger partial charge in [-0.2, -0.15) is 5.10 Å². The van der Waals surface area contributed by atoms with Crippen molar-refractivity contribution in [3.05, 3.63) is 42.4 Å². The van der Waals surface area contributed by atoms with E-state index in [1.807, 2.05) is 19.2 Å². The second-order valence-electron chi connectivity index (χ2n) is 4.05. The van der Waals surface area contributed by atoms with Crippen LogP contribution in [0, 0.1) is 0 Å². The van der Waals surface area contributed by atoms with Crippen LogP contribution in [0.15, 0.2) is 36.7 Å². The van der Waals surface area contributed by atoms with Gasteiger partial charge in [0.2, 0.25) is 0 Å². The van der Waals surface area contributed by atoms with Gasteiger partial charge in [0, 0.05) is 18.4 Å². The Bertz CT molecular complexity index is 523. The minimum absolute atomic E-state index is 0.0411. The third kappa shape index (κ3) is 3.07. The first-order chi connectivity index (χ1) is 8.65. The Morgan fingerprint density at radius 2 is 2.33 bits per heavy atom. The van der Waals surface area contributed by atoms with Crippen LogP contribution in [0.3, 0.4) is 0 Å². The Morgan fingerprint density at radius 1 is 1.50 bits per heavy atom. The predicted octanol–water partition coefficient (Wildman–Crippen LogP) is 0.679. The summed E-state index contributed by atoms with van der Waals surface area (Å²) < 4.78 is 1.76. The van der Waals surface area contributed by atoms with Crippen LogP contribution in [-0.4, -0.2) is 26.7 Å². The Labute approximate surface area is 105 Å². The van der Waals surface area contributed by atoms with Crippen LogP contribution >= 0.6 is 0 Å². The molecule has 2 aromatic rings. The van der Waals surface area contributed by atoms with E-state index >= 15 is 0 Å². The molecule has 6 heteroatoms. The monoisotopic (exact) mass is 245 g/mol. The van der Waals surface area contributed by atoms with Gasteiger partial charge in [0.1, 0.15) is 11.5 Å². The second-order valence-corrected chi connectivity index (χ2v) is 4.05. The summed E-state index contributed by atoms with van der Waals surface area (Å²) >= 11 is 0. The largest absolute Gasteiger partial charge is 0.384 e. The van der Waals surface area contributed by atoms with E-state index in [9.17, 15) is 4.79 Å². The lowest BCUT2D eigenvalue weighted by molar-refractivity contribution is 0.0931. The highest BCUT2D eigenvalue weighted by molar-refractivity contribution is 5.92. The van der Waals surface area contributed by atoms with E-state index in [1.54, 1.807) is 29.1 Å². The highest BCUT2D eigenvalue weighted by Crippen LogP contribution is 2.01. The number of carbonyl (C=O) groups is 1. The molecule has 0 spiro atoms. The van der Waals surface area contributed by atoms with Gasteiger partial charge < -0.3 is 11.1 Å². The lowest BCUT2D eigenvalue weighted by Gasteiger charge is -2.13. The molecule has 6 nitrogen and oxygen atoms in total. The number of amides is 1. The summed E-state index contributed by atoms with van der Waals surface area (Å²) in [6.45, 7) is 2.52. The number of nitrogens with two attached hydrogens (primary N) is 1. The molecule has 0 bridgehead atoms. The van der Waals surface area contributed by atoms with Crippen molar-refractivity contribution in [2.24, 2.45) is 0 Å². The molecule has 0 radical (unpaired) electrons. The molecule has 0 aliphatic carbocycles. The van der Waals surface area contributed by atoms with E-state index < -0.39 is 0 Å². The Morgan fingerprint density at radius 3 is 3.00 bits per heavy atom. The van der Waals surface area contributed by atoms with Gasteiger partial charge >= 0.3 is 0 Å². The van der Waals surface area contributed by atoms with Gasteiger partial charge in [0.05, 0.1) is 6.54 Å². The molecule has 2 aromatic heterocycles. The van der Waals surface area contributed by atoms with E-state index in [2.05, 4.69) is 15.4 Å². The number of nitrogen functional groups attached to an aromatic ring is 1. The van der Waals surface area contributed by atoms with Gasteiger partial charge in [-0.3, -0.25) is 9.48 Å². The van der Waals surface area contributed by atoms with E-state index in [4.69, 9.17) is 5.73 Å². The molecule has 0 aliphatic heterocycles. The van der Waals surface area contributed by atoms with Crippen molar-refractivity contribution in [3.63, 3.8) is 0 Å². The highest BCUT2D eigenvalue weighted by Gasteiger charge is 2.11. The Hall–Kier alpha value is -2.37. The SMILES string of the molecule is CC(Cn1cccn1)NC(=O)c1cccc(N)n1. The zero-order chi connectivity index (χ0) is 13.0. The normalized spacial score (nSPS) is 12.1. The molecule has 0 fully saturated rings. The topological polar surface area (TPSA) is 85.8 Å². The first-order valence-corrected chi connectivity index (χ1v) is 5.66. The molecule has 1 atom stereocenters. The van der Waals surface area contributed by atoms with Crippen molar-refractivity contribution >= 4 is 11.7 Å². The number of aromatic nitrogens is 3. The molecular formula is C12H15N5O. The van der Waals surface area contributed by atoms with E-state index in [0.717, 1.165) is 0 Å². The first kappa shape index (κ1) is 12.1. The second kappa shape index (κ2) is 5.31. The maximum atomic E-state index is 11.9. The molecule has 0 aromatic carbocycles. The van der Waals surface area contributed by atoms with Gasteiger partial charge in [0.15, 0.2) is 0 Å². The Kier molecular flexibility index (Phi) is 3.57. The first-order valence-electron chi connectivity index (χ1n) is 5.66. The molecule has 1 amide bonds. The van der Waals surface area contributed by atoms with Crippen molar-refractivity contribution in [1.82, 2.24) is 20.1 Å². The molecule has 94 valence electrons. The average molecular weight is 245 g/mol. The maximum Gasteiger partial charge on any atom is 0.270 e. The minimum Gasteiger partial charge on any atom is -0.384 e. The number of nitrogens with one attached hydrogen (secondary N) is 1. The fourth-order valence-electron chi connectivity index (χ4n) is 1.61. The molecule has 3 N–H and O–H groups in total. The van der Waals surface area contributed by atoms with Crippen LogP contribution < -0.4 is 11.1 Å². The van der Waals surface area contributed by atoms with Crippen LogP contribution in [0.1, 0.15) is 17.4 Å². The van der Waals surface area contributed by atoms with Crippen LogP contribution in [0.2, 0.25) is 0 Å². The summed E-state index contributed by atoms with van der Waals surface area (Å²) in [5, 5.41) is 6.92. The predicted molar refractivity (Wildman–Crippen MR) is 67.8 cm³/mol. The molecule has 0 saturated heterocycles. The standard InChI is InChI=1S/C12H15N5O/c1-9(8-17-7-3-6-14-17)15-12(18)10-4-2-5-11(13)16-10/h2-7,9H,8H2,1H3,(H2,13,16)(H,15,18). The lowest BCUT2D eigenvalue weighted by Crippen LogP contribution is -2.36. The summed E-state index contributed by atoms with van der Waals surface area (Å²) in [5.41, 5.74) is 5.85. The van der Waals surface area contributed by atoms with Crippen LogP contribution in [0.25, 0.3) is 0 Å². The van der Waals surface area contributed by atoms with Gasteiger partial charge in [-0.15, -0.1) is 0 Å². The van der Waals surface area contributed by atoms with E-state index in [1.165, 1.54) is 0 Å². The quantitative estimate of drug-likeness (QED) is 0.829. The molecule has 2 rings (SSSR count). The number of pyridine rings is 1. The van der Waals surface area contributed by atoms with Crippen molar-refractivity contribution < 1.29 is 4.79 Å². The van der Waals surface area contributed by atoms with Crippen molar-refractivity contribution in [1.29, 1.82) is 0 Å². The fourth-order valence-corrected chi connectivity index (χ4v) is 1.61. The number of hydrogen-bond acceptors (Lipinski definition) is 4. The van der Waals surface area contributed by atoms with Crippen molar-refractivity contribution in [2.75, 3.05) is 5.73 Å². The molecule has 1 unspecified atom stereocenters. The number of carbonyl (C=O) groups excluding carboxylic acids is 1. The smallest absolute Gasteiger partial charge is 0.270 e. The van der Waals surface area contributed by atoms with Crippen LogP contribution in [0.5, 0.6) is 0 Å². The highest BCUT2D eigenvalue weighted by atomic mass is 16.1. The van der Waals surface area contributed by atoms with Crippen LogP contribution in [-0.2, 0) is 6.54 Å². The molecule has 0 aliphatic rings. The van der Waals surface area contributed by atoms with Crippen molar-refractivity contribution in [2.45, 2.75) is 19.5 Å². The summed E-state index contributed by atoms with van der Waals surface area (Å²) in [6.07, 6.45) is 3.55. The van der Waals surface area contributed by atoms with Gasteiger partial charge in [-0.25, -0.2) is 4.98 Å². The van der Waals surface area contributed by atoms with Gasteiger partial charge in [0.25, 0.3) is 5.91 Å². The lowest BCUT2D eigenvalue weighted by atomic mass is 10.3. The number of nitrogens with zero attached hydrogens (tertiary/aromatic N) is 3. The molecule has 18 heavy (non-hydrogen) atoms. The summed E-state index contributed by atoms with van der Waals surface area (Å²) in [5.74, 6) is 0.101. The third-order valence-electron chi connectivity index (χ3n) is 2.40. The van der Waals surface area contributed by atoms with Gasteiger partial charge in [-0.1, -0.05) is 6.07 Å². The summed E-state index contributed by atoms with van der Waals surface area (Å²) in [7, 11) is 0. The van der Waals surface area contributed by atoms with Crippen LogP contribution in [0.4, 0.5) is 5.82 Å². The number of hydrogen-bond donors (Lipinski definition) is 2. The average Bonchev–Trinajstić information content (AvgIpc) is 2.81. The Balaban J connectivity index is 1.95.